The maximum Gasteiger partial charge on any atom is 0.259 e. The highest BCUT2D eigenvalue weighted by atomic mass is 35.5. The van der Waals surface area contributed by atoms with Crippen LogP contribution in [0.3, 0.4) is 0 Å². The zero-order valence-electron chi connectivity index (χ0n) is 15.8. The van der Waals surface area contributed by atoms with Crippen LogP contribution in [0.5, 0.6) is 5.75 Å². The zero-order valence-corrected chi connectivity index (χ0v) is 18.2. The van der Waals surface area contributed by atoms with E-state index in [2.05, 4.69) is 15.3 Å². The van der Waals surface area contributed by atoms with Crippen molar-refractivity contribution < 1.29 is 9.53 Å². The molecule has 0 radical (unpaired) electrons. The third-order valence-electron chi connectivity index (χ3n) is 4.78. The van der Waals surface area contributed by atoms with Crippen LogP contribution in [0.15, 0.2) is 23.0 Å². The Hall–Kier alpha value is -2.03. The topological polar surface area (TPSA) is 84.1 Å². The SMILES string of the molecule is COc1ccc(Cl)cc1NC(=O)CSCc1nc2sc3c(c2c(=O)[nH]1)CCCC3. The lowest BCUT2D eigenvalue weighted by Gasteiger charge is -2.10. The van der Waals surface area contributed by atoms with Crippen LogP contribution in [0.25, 0.3) is 10.2 Å². The molecule has 1 aliphatic rings. The fourth-order valence-corrected chi connectivity index (χ4v) is 5.62. The quantitative estimate of drug-likeness (QED) is 0.582. The molecular weight excluding hydrogens is 430 g/mol. The van der Waals surface area contributed by atoms with E-state index in [9.17, 15) is 9.59 Å². The molecule has 2 N–H and O–H groups in total. The Morgan fingerprint density at radius 3 is 3.03 bits per heavy atom. The molecular formula is C20H20ClN3O3S2. The molecule has 0 aliphatic heterocycles. The molecule has 9 heteroatoms. The number of thiophene rings is 1. The van der Waals surface area contributed by atoms with Gasteiger partial charge in [-0.2, -0.15) is 0 Å². The van der Waals surface area contributed by atoms with Crippen molar-refractivity contribution >= 4 is 56.5 Å². The van der Waals surface area contributed by atoms with Crippen LogP contribution in [-0.2, 0) is 23.4 Å². The predicted molar refractivity (Wildman–Crippen MR) is 120 cm³/mol. The highest BCUT2D eigenvalue weighted by Crippen LogP contribution is 2.33. The first-order valence-corrected chi connectivity index (χ1v) is 11.6. The lowest BCUT2D eigenvalue weighted by atomic mass is 9.97. The summed E-state index contributed by atoms with van der Waals surface area (Å²) in [6.45, 7) is 0. The zero-order chi connectivity index (χ0) is 20.4. The Morgan fingerprint density at radius 2 is 2.21 bits per heavy atom. The van der Waals surface area contributed by atoms with Gasteiger partial charge >= 0.3 is 0 Å². The van der Waals surface area contributed by atoms with Gasteiger partial charge in [0.15, 0.2) is 0 Å². The fourth-order valence-electron chi connectivity index (χ4n) is 3.48. The Balaban J connectivity index is 1.41. The van der Waals surface area contributed by atoms with Crippen molar-refractivity contribution in [3.8, 4) is 5.75 Å². The molecule has 0 spiro atoms. The first kappa shape index (κ1) is 20.3. The minimum Gasteiger partial charge on any atom is -0.495 e. The number of thioether (sulfide) groups is 1. The highest BCUT2D eigenvalue weighted by molar-refractivity contribution is 7.99. The Labute approximate surface area is 181 Å². The van der Waals surface area contributed by atoms with Crippen molar-refractivity contribution in [1.82, 2.24) is 9.97 Å². The number of nitrogens with zero attached hydrogens (tertiary/aromatic N) is 1. The smallest absolute Gasteiger partial charge is 0.259 e. The number of rotatable bonds is 6. The van der Waals surface area contributed by atoms with Crippen molar-refractivity contribution in [2.75, 3.05) is 18.2 Å². The average molecular weight is 450 g/mol. The van der Waals surface area contributed by atoms with Crippen LogP contribution in [0.2, 0.25) is 5.02 Å². The number of aromatic nitrogens is 2. The van der Waals surface area contributed by atoms with Crippen LogP contribution in [0.4, 0.5) is 5.69 Å². The number of halogens is 1. The second kappa shape index (κ2) is 8.77. The molecule has 1 amide bonds. The summed E-state index contributed by atoms with van der Waals surface area (Å²) in [5.74, 6) is 1.64. The number of aryl methyl sites for hydroxylation is 2. The lowest BCUT2D eigenvalue weighted by molar-refractivity contribution is -0.113. The van der Waals surface area contributed by atoms with E-state index in [1.54, 1.807) is 29.5 Å². The normalized spacial score (nSPS) is 13.3. The summed E-state index contributed by atoms with van der Waals surface area (Å²) >= 11 is 9.01. The standard InChI is InChI=1S/C20H20ClN3O3S2/c1-27-14-7-6-11(21)8-13(14)22-17(25)10-28-9-16-23-19(26)18-12-4-2-3-5-15(12)29-20(18)24-16/h6-8H,2-5,9-10H2,1H3,(H,22,25)(H,23,24,26). The summed E-state index contributed by atoms with van der Waals surface area (Å²) in [5.41, 5.74) is 1.64. The van der Waals surface area contributed by atoms with Crippen LogP contribution in [-0.4, -0.2) is 28.7 Å². The van der Waals surface area contributed by atoms with Gasteiger partial charge in [-0.15, -0.1) is 23.1 Å². The van der Waals surface area contributed by atoms with E-state index < -0.39 is 0 Å². The van der Waals surface area contributed by atoms with Crippen molar-refractivity contribution in [2.45, 2.75) is 31.4 Å². The minimum absolute atomic E-state index is 0.0712. The van der Waals surface area contributed by atoms with Crippen molar-refractivity contribution in [1.29, 1.82) is 0 Å². The van der Waals surface area contributed by atoms with Crippen LogP contribution in [0, 0.1) is 0 Å². The molecule has 0 fully saturated rings. The number of hydrogen-bond acceptors (Lipinski definition) is 6. The molecule has 0 unspecified atom stereocenters. The third kappa shape index (κ3) is 4.44. The molecule has 0 saturated heterocycles. The Kier molecular flexibility index (Phi) is 6.12. The van der Waals surface area contributed by atoms with Crippen molar-refractivity contribution in [3.05, 3.63) is 49.8 Å². The summed E-state index contributed by atoms with van der Waals surface area (Å²) < 4.78 is 5.23. The van der Waals surface area contributed by atoms with Gasteiger partial charge in [0, 0.05) is 9.90 Å². The molecule has 0 saturated carbocycles. The maximum atomic E-state index is 12.6. The summed E-state index contributed by atoms with van der Waals surface area (Å²) in [5, 5.41) is 4.07. The van der Waals surface area contributed by atoms with Crippen molar-refractivity contribution in [2.24, 2.45) is 0 Å². The Morgan fingerprint density at radius 1 is 1.38 bits per heavy atom. The maximum absolute atomic E-state index is 12.6. The summed E-state index contributed by atoms with van der Waals surface area (Å²) in [7, 11) is 1.54. The summed E-state index contributed by atoms with van der Waals surface area (Å²) in [4.78, 5) is 34.5. The number of H-pyrrole nitrogens is 1. The molecule has 152 valence electrons. The van der Waals surface area contributed by atoms with Gasteiger partial charge in [0.2, 0.25) is 5.91 Å². The molecule has 1 aliphatic carbocycles. The number of benzene rings is 1. The number of methoxy groups -OCH3 is 1. The summed E-state index contributed by atoms with van der Waals surface area (Å²) in [6, 6.07) is 5.05. The molecule has 0 atom stereocenters. The largest absolute Gasteiger partial charge is 0.495 e. The minimum atomic E-state index is -0.175. The summed E-state index contributed by atoms with van der Waals surface area (Å²) in [6.07, 6.45) is 4.30. The molecule has 6 nitrogen and oxygen atoms in total. The fraction of sp³-hybridized carbons (Fsp3) is 0.350. The van der Waals surface area contributed by atoms with Gasteiger partial charge in [-0.05, 0) is 49.4 Å². The van der Waals surface area contributed by atoms with Crippen LogP contribution >= 0.6 is 34.7 Å². The molecule has 3 aromatic rings. The van der Waals surface area contributed by atoms with Gasteiger partial charge < -0.3 is 15.0 Å². The van der Waals surface area contributed by atoms with E-state index in [4.69, 9.17) is 16.3 Å². The molecule has 2 heterocycles. The molecule has 2 aromatic heterocycles. The number of ether oxygens (including phenoxy) is 1. The van der Waals surface area contributed by atoms with Gasteiger partial charge in [-0.25, -0.2) is 4.98 Å². The number of carbonyl (C=O) groups is 1. The van der Waals surface area contributed by atoms with E-state index >= 15 is 0 Å². The number of hydrogen-bond donors (Lipinski definition) is 2. The first-order valence-electron chi connectivity index (χ1n) is 9.29. The van der Waals surface area contributed by atoms with E-state index in [-0.39, 0.29) is 17.2 Å². The third-order valence-corrected chi connectivity index (χ3v) is 7.15. The number of amides is 1. The van der Waals surface area contributed by atoms with E-state index in [0.29, 0.717) is 28.0 Å². The van der Waals surface area contributed by atoms with Crippen LogP contribution in [0.1, 0.15) is 29.1 Å². The molecule has 4 rings (SSSR count). The van der Waals surface area contributed by atoms with Gasteiger partial charge in [0.05, 0.1) is 29.7 Å². The van der Waals surface area contributed by atoms with Gasteiger partial charge in [0.25, 0.3) is 5.56 Å². The monoisotopic (exact) mass is 449 g/mol. The van der Waals surface area contributed by atoms with Gasteiger partial charge in [-0.3, -0.25) is 9.59 Å². The first-order chi connectivity index (χ1) is 14.0. The second-order valence-electron chi connectivity index (χ2n) is 6.79. The average Bonchev–Trinajstić information content (AvgIpc) is 3.07. The molecule has 1 aromatic carbocycles. The Bertz CT molecular complexity index is 1130. The van der Waals surface area contributed by atoms with Gasteiger partial charge in [-0.1, -0.05) is 11.6 Å². The molecule has 29 heavy (non-hydrogen) atoms. The predicted octanol–water partition coefficient (Wildman–Crippen LogP) is 4.40. The number of aromatic amines is 1. The van der Waals surface area contributed by atoms with E-state index in [1.807, 2.05) is 0 Å². The molecule has 0 bridgehead atoms. The number of anilines is 1. The number of fused-ring (bicyclic) bond motifs is 3. The van der Waals surface area contributed by atoms with E-state index in [0.717, 1.165) is 29.5 Å². The lowest BCUT2D eigenvalue weighted by Crippen LogP contribution is -2.16. The van der Waals surface area contributed by atoms with Crippen molar-refractivity contribution in [3.63, 3.8) is 0 Å². The number of nitrogens with one attached hydrogen (secondary N) is 2. The highest BCUT2D eigenvalue weighted by Gasteiger charge is 2.19. The van der Waals surface area contributed by atoms with Gasteiger partial charge in [0.1, 0.15) is 16.4 Å². The van der Waals surface area contributed by atoms with Crippen LogP contribution < -0.4 is 15.6 Å². The number of carbonyl (C=O) groups excluding carboxylic acids is 1. The van der Waals surface area contributed by atoms with E-state index in [1.165, 1.54) is 35.7 Å². The second-order valence-corrected chi connectivity index (χ2v) is 9.29.